The Morgan fingerprint density at radius 1 is 1.15 bits per heavy atom. The van der Waals surface area contributed by atoms with Crippen LogP contribution in [-0.4, -0.2) is 19.5 Å². The van der Waals surface area contributed by atoms with Gasteiger partial charge < -0.3 is 10.6 Å². The number of anilines is 1. The molecule has 2 rings (SSSR count). The Labute approximate surface area is 122 Å². The van der Waals surface area contributed by atoms with E-state index < -0.39 is 0 Å². The monoisotopic (exact) mass is 274 g/mol. The lowest BCUT2D eigenvalue weighted by Gasteiger charge is -2.34. The molecule has 0 saturated heterocycles. The van der Waals surface area contributed by atoms with E-state index in [1.165, 1.54) is 31.2 Å². The van der Waals surface area contributed by atoms with Gasteiger partial charge in [-0.1, -0.05) is 26.0 Å². The summed E-state index contributed by atoms with van der Waals surface area (Å²) >= 11 is 0. The number of rotatable bonds is 6. The van der Waals surface area contributed by atoms with Gasteiger partial charge >= 0.3 is 0 Å². The van der Waals surface area contributed by atoms with E-state index in [-0.39, 0.29) is 0 Å². The number of carbonyl (C=O) groups is 1. The summed E-state index contributed by atoms with van der Waals surface area (Å²) in [5.41, 5.74) is 3.12. The largest absolute Gasteiger partial charge is 0.383 e. The van der Waals surface area contributed by atoms with Crippen LogP contribution in [0.25, 0.3) is 0 Å². The van der Waals surface area contributed by atoms with Crippen molar-refractivity contribution in [2.75, 3.05) is 18.4 Å². The van der Waals surface area contributed by atoms with Crippen molar-refractivity contribution < 1.29 is 4.79 Å². The molecule has 3 nitrogen and oxygen atoms in total. The molecule has 1 aromatic carbocycles. The van der Waals surface area contributed by atoms with Crippen LogP contribution in [0.3, 0.4) is 0 Å². The van der Waals surface area contributed by atoms with Crippen molar-refractivity contribution in [1.82, 2.24) is 5.32 Å². The molecule has 0 unspecified atom stereocenters. The number of nitrogens with one attached hydrogen (secondary N) is 2. The van der Waals surface area contributed by atoms with E-state index in [1.54, 1.807) is 0 Å². The van der Waals surface area contributed by atoms with Crippen LogP contribution in [-0.2, 0) is 4.79 Å². The number of benzene rings is 1. The zero-order valence-corrected chi connectivity index (χ0v) is 12.6. The number of hydrogen-bond acceptors (Lipinski definition) is 2. The summed E-state index contributed by atoms with van der Waals surface area (Å²) in [5.74, 6) is 0.730. The van der Waals surface area contributed by atoms with Crippen molar-refractivity contribution in [3.05, 3.63) is 29.8 Å². The van der Waals surface area contributed by atoms with Gasteiger partial charge in [-0.2, -0.15) is 0 Å². The molecule has 0 aromatic heterocycles. The van der Waals surface area contributed by atoms with Gasteiger partial charge in [-0.25, -0.2) is 0 Å². The molecular weight excluding hydrogens is 248 g/mol. The number of amides is 1. The van der Waals surface area contributed by atoms with Gasteiger partial charge in [0, 0.05) is 18.8 Å². The molecule has 1 aliphatic rings. The van der Waals surface area contributed by atoms with Crippen LogP contribution in [0.1, 0.15) is 51.0 Å². The molecule has 0 heterocycles. The first-order valence-corrected chi connectivity index (χ1v) is 7.62. The first-order valence-electron chi connectivity index (χ1n) is 7.62. The molecule has 0 spiro atoms. The second-order valence-corrected chi connectivity index (χ2v) is 6.56. The first-order chi connectivity index (χ1) is 9.61. The predicted octanol–water partition coefficient (Wildman–Crippen LogP) is 3.53. The Balaban J connectivity index is 1.84. The Bertz CT molecular complexity index is 415. The molecule has 0 aliphatic heterocycles. The average Bonchev–Trinajstić information content (AvgIpc) is 2.45. The predicted molar refractivity (Wildman–Crippen MR) is 84.0 cm³/mol. The summed E-state index contributed by atoms with van der Waals surface area (Å²) in [4.78, 5) is 10.1. The minimum absolute atomic E-state index is 0.531. The fourth-order valence-corrected chi connectivity index (χ4v) is 2.94. The number of hydrogen-bond donors (Lipinski definition) is 2. The Morgan fingerprint density at radius 3 is 2.40 bits per heavy atom. The zero-order chi connectivity index (χ0) is 14.4. The summed E-state index contributed by atoms with van der Waals surface area (Å²) < 4.78 is 0. The molecule has 0 radical (unpaired) electrons. The van der Waals surface area contributed by atoms with E-state index in [2.05, 4.69) is 48.7 Å². The molecular formula is C17H26N2O. The van der Waals surface area contributed by atoms with Crippen LogP contribution in [0, 0.1) is 5.41 Å². The summed E-state index contributed by atoms with van der Waals surface area (Å²) in [6.45, 7) is 6.17. The highest BCUT2D eigenvalue weighted by Crippen LogP contribution is 2.42. The van der Waals surface area contributed by atoms with Crippen LogP contribution in [0.5, 0.6) is 0 Å². The van der Waals surface area contributed by atoms with Crippen molar-refractivity contribution in [1.29, 1.82) is 0 Å². The molecule has 1 aliphatic carbocycles. The average molecular weight is 274 g/mol. The zero-order valence-electron chi connectivity index (χ0n) is 12.6. The Morgan fingerprint density at radius 2 is 1.80 bits per heavy atom. The normalized spacial score (nSPS) is 18.5. The standard InChI is InChI=1S/C17H26N2O/c1-17(2)9-7-15(8-10-17)14-3-5-16(6-4-14)19-12-11-18-13-20/h3-6,13,15,19H,7-12H2,1-2H3,(H,18,20). The van der Waals surface area contributed by atoms with Crippen LogP contribution >= 0.6 is 0 Å². The van der Waals surface area contributed by atoms with Crippen LogP contribution in [0.15, 0.2) is 24.3 Å². The van der Waals surface area contributed by atoms with Gasteiger partial charge in [0.1, 0.15) is 0 Å². The number of carbonyl (C=O) groups excluding carboxylic acids is 1. The van der Waals surface area contributed by atoms with Gasteiger partial charge in [-0.15, -0.1) is 0 Å². The van der Waals surface area contributed by atoms with Gasteiger partial charge in [-0.3, -0.25) is 4.79 Å². The molecule has 0 atom stereocenters. The highest BCUT2D eigenvalue weighted by atomic mass is 16.1. The van der Waals surface area contributed by atoms with Gasteiger partial charge in [0.25, 0.3) is 0 Å². The van der Waals surface area contributed by atoms with E-state index >= 15 is 0 Å². The molecule has 1 fully saturated rings. The highest BCUT2D eigenvalue weighted by molar-refractivity contribution is 5.47. The quantitative estimate of drug-likeness (QED) is 0.615. The van der Waals surface area contributed by atoms with Crippen molar-refractivity contribution in [3.63, 3.8) is 0 Å². The molecule has 0 bridgehead atoms. The van der Waals surface area contributed by atoms with E-state index in [9.17, 15) is 4.79 Å². The van der Waals surface area contributed by atoms with Gasteiger partial charge in [0.15, 0.2) is 0 Å². The summed E-state index contributed by atoms with van der Waals surface area (Å²) in [6, 6.07) is 8.79. The SMILES string of the molecule is CC1(C)CCC(c2ccc(NCCNC=O)cc2)CC1. The molecule has 2 N–H and O–H groups in total. The fourth-order valence-electron chi connectivity index (χ4n) is 2.94. The third-order valence-electron chi connectivity index (χ3n) is 4.40. The lowest BCUT2D eigenvalue weighted by molar-refractivity contribution is -0.109. The van der Waals surface area contributed by atoms with Gasteiger partial charge in [0.2, 0.25) is 6.41 Å². The molecule has 1 amide bonds. The maximum Gasteiger partial charge on any atom is 0.207 e. The van der Waals surface area contributed by atoms with Crippen molar-refractivity contribution in [2.24, 2.45) is 5.41 Å². The third kappa shape index (κ3) is 4.26. The van der Waals surface area contributed by atoms with Crippen LogP contribution < -0.4 is 10.6 Å². The maximum atomic E-state index is 10.1. The third-order valence-corrected chi connectivity index (χ3v) is 4.40. The van der Waals surface area contributed by atoms with Crippen molar-refractivity contribution in [3.8, 4) is 0 Å². The molecule has 1 saturated carbocycles. The van der Waals surface area contributed by atoms with E-state index in [1.807, 2.05) is 0 Å². The van der Waals surface area contributed by atoms with Crippen molar-refractivity contribution in [2.45, 2.75) is 45.4 Å². The van der Waals surface area contributed by atoms with E-state index in [0.29, 0.717) is 12.0 Å². The molecule has 3 heteroatoms. The van der Waals surface area contributed by atoms with Gasteiger partial charge in [0.05, 0.1) is 0 Å². The second kappa shape index (κ2) is 6.78. The van der Waals surface area contributed by atoms with E-state index in [0.717, 1.165) is 24.6 Å². The van der Waals surface area contributed by atoms with Crippen molar-refractivity contribution >= 4 is 12.1 Å². The second-order valence-electron chi connectivity index (χ2n) is 6.56. The van der Waals surface area contributed by atoms with Crippen LogP contribution in [0.4, 0.5) is 5.69 Å². The summed E-state index contributed by atoms with van der Waals surface area (Å²) in [5, 5.41) is 5.95. The molecule has 110 valence electrons. The molecule has 1 aromatic rings. The Kier molecular flexibility index (Phi) is 5.05. The maximum absolute atomic E-state index is 10.1. The molecule has 20 heavy (non-hydrogen) atoms. The smallest absolute Gasteiger partial charge is 0.207 e. The topological polar surface area (TPSA) is 41.1 Å². The minimum atomic E-state index is 0.531. The highest BCUT2D eigenvalue weighted by Gasteiger charge is 2.27. The lowest BCUT2D eigenvalue weighted by Crippen LogP contribution is -2.21. The first kappa shape index (κ1) is 14.9. The van der Waals surface area contributed by atoms with Crippen LogP contribution in [0.2, 0.25) is 0 Å². The van der Waals surface area contributed by atoms with Gasteiger partial charge in [-0.05, 0) is 54.7 Å². The minimum Gasteiger partial charge on any atom is -0.383 e. The Hall–Kier alpha value is -1.51. The fraction of sp³-hybridized carbons (Fsp3) is 0.588. The van der Waals surface area contributed by atoms with E-state index in [4.69, 9.17) is 0 Å². The summed E-state index contributed by atoms with van der Waals surface area (Å²) in [6.07, 6.45) is 6.01. The lowest BCUT2D eigenvalue weighted by atomic mass is 9.71. The summed E-state index contributed by atoms with van der Waals surface area (Å²) in [7, 11) is 0.